The summed E-state index contributed by atoms with van der Waals surface area (Å²) in [5, 5.41) is 3.40. The van der Waals surface area contributed by atoms with Crippen LogP contribution in [0.25, 0.3) is 11.1 Å². The predicted octanol–water partition coefficient (Wildman–Crippen LogP) is 4.97. The number of anilines is 1. The van der Waals surface area contributed by atoms with Gasteiger partial charge in [-0.1, -0.05) is 29.3 Å². The molecule has 0 saturated carbocycles. The number of ether oxygens (including phenoxy) is 2. The van der Waals surface area contributed by atoms with E-state index >= 15 is 0 Å². The molecule has 1 aliphatic heterocycles. The van der Waals surface area contributed by atoms with Crippen molar-refractivity contribution in [2.45, 2.75) is 13.0 Å². The summed E-state index contributed by atoms with van der Waals surface area (Å²) in [5.74, 6) is 0.223. The molecular weight excluding hydrogens is 494 g/mol. The van der Waals surface area contributed by atoms with E-state index in [0.717, 1.165) is 18.7 Å². The lowest BCUT2D eigenvalue weighted by atomic mass is 10.0. The quantitative estimate of drug-likeness (QED) is 0.447. The lowest BCUT2D eigenvalue weighted by Gasteiger charge is -2.28. The third kappa shape index (κ3) is 5.29. The lowest BCUT2D eigenvalue weighted by Crippen LogP contribution is -2.46. The number of methoxy groups -OCH3 is 1. The van der Waals surface area contributed by atoms with Gasteiger partial charge in [-0.05, 0) is 42.8 Å². The number of nitrogens with zero attached hydrogens (tertiary/aromatic N) is 2. The molecule has 35 heavy (non-hydrogen) atoms. The summed E-state index contributed by atoms with van der Waals surface area (Å²) >= 11 is 12.4. The van der Waals surface area contributed by atoms with Crippen molar-refractivity contribution in [3.05, 3.63) is 69.6 Å². The molecule has 1 amide bonds. The van der Waals surface area contributed by atoms with Crippen molar-refractivity contribution in [2.75, 3.05) is 39.0 Å². The Morgan fingerprint density at radius 2 is 1.86 bits per heavy atom. The zero-order valence-electron chi connectivity index (χ0n) is 19.3. The van der Waals surface area contributed by atoms with E-state index in [-0.39, 0.29) is 27.5 Å². The highest BCUT2D eigenvalue weighted by molar-refractivity contribution is 6.36. The van der Waals surface area contributed by atoms with Gasteiger partial charge in [0.25, 0.3) is 5.91 Å². The maximum absolute atomic E-state index is 14.0. The van der Waals surface area contributed by atoms with Gasteiger partial charge in [0.05, 0.1) is 17.7 Å². The van der Waals surface area contributed by atoms with Crippen molar-refractivity contribution >= 4 is 34.9 Å². The van der Waals surface area contributed by atoms with Gasteiger partial charge in [-0.3, -0.25) is 4.79 Å². The minimum absolute atomic E-state index is 0.0768. The average Bonchev–Trinajstić information content (AvgIpc) is 2.87. The summed E-state index contributed by atoms with van der Waals surface area (Å²) < 4.78 is 25.5. The van der Waals surface area contributed by atoms with Gasteiger partial charge < -0.3 is 25.4 Å². The molecule has 1 saturated heterocycles. The fourth-order valence-electron chi connectivity index (χ4n) is 3.96. The summed E-state index contributed by atoms with van der Waals surface area (Å²) in [4.78, 5) is 19.0. The second-order valence-electron chi connectivity index (χ2n) is 8.08. The summed E-state index contributed by atoms with van der Waals surface area (Å²) in [5.41, 5.74) is 8.30. The number of hydrogen-bond donors (Lipinski definition) is 2. The average molecular weight is 519 g/mol. The first-order valence-corrected chi connectivity index (χ1v) is 11.8. The fraction of sp³-hybridized carbons (Fsp3) is 0.280. The van der Waals surface area contributed by atoms with Gasteiger partial charge in [0.15, 0.2) is 11.6 Å². The Morgan fingerprint density at radius 3 is 2.57 bits per heavy atom. The Labute approximate surface area is 212 Å². The summed E-state index contributed by atoms with van der Waals surface area (Å²) in [6.45, 7) is 4.50. The topological polar surface area (TPSA) is 89.7 Å². The lowest BCUT2D eigenvalue weighted by molar-refractivity contribution is 0.0732. The Bertz CT molecular complexity index is 1250. The number of halogens is 3. The van der Waals surface area contributed by atoms with Crippen molar-refractivity contribution in [2.24, 2.45) is 0 Å². The van der Waals surface area contributed by atoms with Gasteiger partial charge >= 0.3 is 0 Å². The van der Waals surface area contributed by atoms with E-state index in [2.05, 4.69) is 10.3 Å². The summed E-state index contributed by atoms with van der Waals surface area (Å²) in [7, 11) is 1.53. The zero-order valence-corrected chi connectivity index (χ0v) is 20.8. The molecule has 0 spiro atoms. The maximum atomic E-state index is 14.0. The van der Waals surface area contributed by atoms with E-state index in [1.807, 2.05) is 6.07 Å². The van der Waals surface area contributed by atoms with Gasteiger partial charge in [0.1, 0.15) is 17.7 Å². The number of pyridine rings is 1. The Morgan fingerprint density at radius 1 is 1.14 bits per heavy atom. The second-order valence-corrected chi connectivity index (χ2v) is 8.87. The van der Waals surface area contributed by atoms with Crippen LogP contribution in [0.4, 0.5) is 10.2 Å². The van der Waals surface area contributed by atoms with E-state index < -0.39 is 11.9 Å². The molecule has 1 fully saturated rings. The molecule has 1 unspecified atom stereocenters. The Kier molecular flexibility index (Phi) is 7.64. The van der Waals surface area contributed by atoms with E-state index in [9.17, 15) is 9.18 Å². The molecule has 1 aromatic heterocycles. The molecule has 0 bridgehead atoms. The number of rotatable bonds is 6. The smallest absolute Gasteiger partial charge is 0.257 e. The molecule has 0 radical (unpaired) electrons. The Balaban J connectivity index is 1.62. The first-order valence-electron chi connectivity index (χ1n) is 11.0. The van der Waals surface area contributed by atoms with Crippen molar-refractivity contribution in [1.29, 1.82) is 0 Å². The van der Waals surface area contributed by atoms with Crippen molar-refractivity contribution in [3.8, 4) is 22.6 Å². The number of nitrogens with two attached hydrogens (primary N) is 1. The van der Waals surface area contributed by atoms with Crippen LogP contribution in [0.3, 0.4) is 0 Å². The number of benzene rings is 2. The molecule has 7 nitrogen and oxygen atoms in total. The van der Waals surface area contributed by atoms with Gasteiger partial charge in [-0.2, -0.15) is 0 Å². The van der Waals surface area contributed by atoms with Crippen molar-refractivity contribution in [1.82, 2.24) is 15.2 Å². The fourth-order valence-corrected chi connectivity index (χ4v) is 4.64. The van der Waals surface area contributed by atoms with Crippen LogP contribution in [0, 0.1) is 5.82 Å². The summed E-state index contributed by atoms with van der Waals surface area (Å²) in [6.07, 6.45) is 0.903. The molecule has 184 valence electrons. The molecule has 2 aromatic carbocycles. The second kappa shape index (κ2) is 10.7. The molecule has 3 aromatic rings. The number of nitrogen functional groups attached to an aromatic ring is 1. The Hall–Kier alpha value is -3.07. The normalized spacial score (nSPS) is 14.5. The van der Waals surface area contributed by atoms with Crippen LogP contribution in [-0.2, 0) is 0 Å². The van der Waals surface area contributed by atoms with Crippen LogP contribution < -0.4 is 20.5 Å². The molecule has 0 aliphatic carbocycles. The van der Waals surface area contributed by atoms with E-state index in [1.165, 1.54) is 19.2 Å². The maximum Gasteiger partial charge on any atom is 0.257 e. The molecular formula is C25H25Cl2FN4O3. The van der Waals surface area contributed by atoms with Crippen LogP contribution in [0.1, 0.15) is 28.9 Å². The van der Waals surface area contributed by atoms with Crippen LogP contribution in [0.5, 0.6) is 11.5 Å². The highest BCUT2D eigenvalue weighted by Crippen LogP contribution is 2.37. The number of aromatic nitrogens is 1. The third-order valence-corrected chi connectivity index (χ3v) is 6.55. The van der Waals surface area contributed by atoms with Crippen LogP contribution in [0.15, 0.2) is 42.6 Å². The minimum atomic E-state index is -0.696. The number of amides is 1. The molecule has 4 rings (SSSR count). The molecule has 1 atom stereocenters. The number of hydrogen-bond acceptors (Lipinski definition) is 6. The molecule has 10 heteroatoms. The summed E-state index contributed by atoms with van der Waals surface area (Å²) in [6, 6.07) is 9.67. The first kappa shape index (κ1) is 25.0. The highest BCUT2D eigenvalue weighted by atomic mass is 35.5. The SMILES string of the molecule is COc1cc(-c2cnc(N)c(OC(C)c3c(Cl)ccc(F)c3Cl)c2)ccc1C(=O)N1CCNCC1. The first-order chi connectivity index (χ1) is 16.8. The van der Waals surface area contributed by atoms with Crippen LogP contribution >= 0.6 is 23.2 Å². The molecule has 1 aliphatic rings. The molecule has 2 heterocycles. The van der Waals surface area contributed by atoms with Gasteiger partial charge in [-0.25, -0.2) is 9.37 Å². The van der Waals surface area contributed by atoms with Crippen molar-refractivity contribution in [3.63, 3.8) is 0 Å². The highest BCUT2D eigenvalue weighted by Gasteiger charge is 2.23. The van der Waals surface area contributed by atoms with Gasteiger partial charge in [0, 0.05) is 48.5 Å². The standard InChI is InChI=1S/C25H25Cl2FN4O3/c1-14(22-18(26)5-6-19(28)23(22)27)35-21-12-16(13-31-24(21)29)15-3-4-17(20(11-15)34-2)25(33)32-9-7-30-8-10-32/h3-6,11-14,30H,7-10H2,1-2H3,(H2,29,31). The third-order valence-electron chi connectivity index (χ3n) is 5.84. The monoisotopic (exact) mass is 518 g/mol. The van der Waals surface area contributed by atoms with Crippen molar-refractivity contribution < 1.29 is 18.7 Å². The van der Waals surface area contributed by atoms with Gasteiger partial charge in [0.2, 0.25) is 0 Å². The molecule has 3 N–H and O–H groups in total. The van der Waals surface area contributed by atoms with E-state index in [4.69, 9.17) is 38.4 Å². The van der Waals surface area contributed by atoms with Gasteiger partial charge in [-0.15, -0.1) is 0 Å². The van der Waals surface area contributed by atoms with Crippen LogP contribution in [-0.4, -0.2) is 49.1 Å². The van der Waals surface area contributed by atoms with Crippen LogP contribution in [0.2, 0.25) is 10.0 Å². The number of piperazine rings is 1. The largest absolute Gasteiger partial charge is 0.496 e. The minimum Gasteiger partial charge on any atom is -0.496 e. The zero-order chi connectivity index (χ0) is 25.1. The van der Waals surface area contributed by atoms with E-state index in [1.54, 1.807) is 36.2 Å². The number of carbonyl (C=O) groups excluding carboxylic acids is 1. The number of carbonyl (C=O) groups is 1. The van der Waals surface area contributed by atoms with E-state index in [0.29, 0.717) is 35.5 Å². The number of nitrogens with one attached hydrogen (secondary N) is 1. The predicted molar refractivity (Wildman–Crippen MR) is 135 cm³/mol.